The lowest BCUT2D eigenvalue weighted by Crippen LogP contribution is -2.61. The van der Waals surface area contributed by atoms with Crippen molar-refractivity contribution >= 4 is 59.9 Å². The first-order chi connectivity index (χ1) is 16.4. The molecule has 0 radical (unpaired) electrons. The van der Waals surface area contributed by atoms with E-state index in [1.54, 1.807) is 6.92 Å². The summed E-state index contributed by atoms with van der Waals surface area (Å²) < 4.78 is 10.9. The van der Waals surface area contributed by atoms with Gasteiger partial charge in [-0.25, -0.2) is 4.79 Å². The topological polar surface area (TPSA) is 148 Å². The van der Waals surface area contributed by atoms with Crippen molar-refractivity contribution in [2.45, 2.75) is 58.0 Å². The van der Waals surface area contributed by atoms with Crippen molar-refractivity contribution in [2.75, 3.05) is 6.54 Å². The highest BCUT2D eigenvalue weighted by Gasteiger charge is 2.54. The summed E-state index contributed by atoms with van der Waals surface area (Å²) in [7, 11) is -1.44. The van der Waals surface area contributed by atoms with Crippen molar-refractivity contribution < 1.29 is 38.4 Å². The average molecular weight is 529 g/mol. The summed E-state index contributed by atoms with van der Waals surface area (Å²) >= 11 is 11.9. The van der Waals surface area contributed by atoms with Crippen LogP contribution in [0.15, 0.2) is 18.2 Å². The molecule has 13 heteroatoms. The van der Waals surface area contributed by atoms with Crippen LogP contribution in [-0.4, -0.2) is 59.8 Å². The van der Waals surface area contributed by atoms with Gasteiger partial charge in [-0.1, -0.05) is 44.0 Å². The molecule has 0 aliphatic carbocycles. The van der Waals surface area contributed by atoms with Crippen molar-refractivity contribution in [1.29, 1.82) is 0 Å². The van der Waals surface area contributed by atoms with Crippen molar-refractivity contribution in [2.24, 2.45) is 5.92 Å². The molecular formula is C22H27BCl2N2O8. The molecule has 10 nitrogen and oxygen atoms in total. The highest BCUT2D eigenvalue weighted by atomic mass is 35.5. The van der Waals surface area contributed by atoms with Gasteiger partial charge in [0.15, 0.2) is 5.60 Å². The number of ketones is 1. The number of halogens is 2. The smallest absolute Gasteiger partial charge is 0.508 e. The Hall–Kier alpha value is -2.63. The van der Waals surface area contributed by atoms with E-state index in [0.29, 0.717) is 5.02 Å². The summed E-state index contributed by atoms with van der Waals surface area (Å²) in [5.74, 6) is -4.95. The number of nitrogens with one attached hydrogen (secondary N) is 2. The molecule has 2 atom stereocenters. The summed E-state index contributed by atoms with van der Waals surface area (Å²) in [6, 6.07) is 4.32. The molecule has 2 rings (SSSR count). The Kier molecular flexibility index (Phi) is 10.1. The first kappa shape index (κ1) is 28.6. The van der Waals surface area contributed by atoms with Gasteiger partial charge < -0.3 is 25.0 Å². The molecule has 1 saturated heterocycles. The molecular weight excluding hydrogens is 502 g/mol. The summed E-state index contributed by atoms with van der Waals surface area (Å²) in [6.45, 7) is 4.81. The lowest BCUT2D eigenvalue weighted by atomic mass is 9.70. The fourth-order valence-corrected chi connectivity index (χ4v) is 3.91. The quantitative estimate of drug-likeness (QED) is 0.371. The molecule has 1 aliphatic rings. The van der Waals surface area contributed by atoms with Crippen molar-refractivity contribution in [3.63, 3.8) is 0 Å². The molecule has 0 unspecified atom stereocenters. The van der Waals surface area contributed by atoms with Crippen molar-refractivity contribution in [3.8, 4) is 0 Å². The molecule has 1 aliphatic heterocycles. The summed E-state index contributed by atoms with van der Waals surface area (Å²) in [6.07, 6.45) is -0.817. The highest BCUT2D eigenvalue weighted by Crippen LogP contribution is 2.30. The average Bonchev–Trinajstić information content (AvgIpc) is 2.77. The molecule has 1 heterocycles. The summed E-state index contributed by atoms with van der Waals surface area (Å²) in [5.41, 5.74) is -2.01. The second-order valence-corrected chi connectivity index (χ2v) is 9.48. The van der Waals surface area contributed by atoms with Gasteiger partial charge in [-0.05, 0) is 30.5 Å². The first-order valence-electron chi connectivity index (χ1n) is 11.0. The maximum absolute atomic E-state index is 12.6. The third-order valence-electron chi connectivity index (χ3n) is 5.27. The minimum Gasteiger partial charge on any atom is -0.508 e. The van der Waals surface area contributed by atoms with Gasteiger partial charge in [0, 0.05) is 17.9 Å². The molecule has 35 heavy (non-hydrogen) atoms. The van der Waals surface area contributed by atoms with Gasteiger partial charge >= 0.3 is 13.1 Å². The number of Topliss-reactive ketones (excluding diaryl/α,β-unsaturated/α-hetero) is 1. The van der Waals surface area contributed by atoms with Crippen LogP contribution in [0.2, 0.25) is 10.0 Å². The SMILES string of the molecule is CCC(=O)C[C@]1(C(=O)O)CC(=O)OB([C@H](CC(C)C)NC(=O)CNC(=O)c2cc(Cl)ccc2Cl)O1. The fraction of sp³-hybridized carbons (Fsp3) is 0.500. The number of hydrogen-bond donors (Lipinski definition) is 3. The predicted octanol–water partition coefficient (Wildman–Crippen LogP) is 2.44. The van der Waals surface area contributed by atoms with E-state index < -0.39 is 67.6 Å². The van der Waals surface area contributed by atoms with Crippen LogP contribution in [0.3, 0.4) is 0 Å². The third kappa shape index (κ3) is 7.94. The third-order valence-corrected chi connectivity index (χ3v) is 5.83. The van der Waals surface area contributed by atoms with Crippen LogP contribution in [-0.2, 0) is 28.5 Å². The van der Waals surface area contributed by atoms with Gasteiger partial charge in [0.05, 0.1) is 29.5 Å². The highest BCUT2D eigenvalue weighted by molar-refractivity contribution is 6.50. The number of carboxylic acid groups (broad SMARTS) is 1. The van der Waals surface area contributed by atoms with Crippen molar-refractivity contribution in [3.05, 3.63) is 33.8 Å². The van der Waals surface area contributed by atoms with E-state index in [1.165, 1.54) is 18.2 Å². The van der Waals surface area contributed by atoms with Gasteiger partial charge in [-0.15, -0.1) is 0 Å². The van der Waals surface area contributed by atoms with E-state index in [4.69, 9.17) is 32.5 Å². The Bertz CT molecular complexity index is 1010. The molecule has 0 spiro atoms. The Morgan fingerprint density at radius 3 is 2.51 bits per heavy atom. The van der Waals surface area contributed by atoms with E-state index in [2.05, 4.69) is 10.6 Å². The Morgan fingerprint density at radius 1 is 1.23 bits per heavy atom. The standard InChI is InChI=1S/C22H27BCl2N2O8/c1-4-14(28)9-22(21(32)33)10-19(30)34-23(35-22)17(7-12(2)3)27-18(29)11-26-20(31)15-8-13(24)5-6-16(15)25/h5-6,8,12,17H,4,7,9-11H2,1-3H3,(H,26,31)(H,27,29)(H,32,33)/t17-,22+/m0/s1. The molecule has 190 valence electrons. The monoisotopic (exact) mass is 528 g/mol. The lowest BCUT2D eigenvalue weighted by Gasteiger charge is -2.38. The van der Waals surface area contributed by atoms with E-state index in [9.17, 15) is 29.1 Å². The van der Waals surface area contributed by atoms with Crippen LogP contribution < -0.4 is 10.6 Å². The maximum atomic E-state index is 12.6. The first-order valence-corrected chi connectivity index (χ1v) is 11.8. The number of aliphatic carboxylic acids is 1. The summed E-state index contributed by atoms with van der Waals surface area (Å²) in [5, 5.41) is 15.3. The second-order valence-electron chi connectivity index (χ2n) is 8.63. The largest absolute Gasteiger partial charge is 0.552 e. The van der Waals surface area contributed by atoms with E-state index in [1.807, 2.05) is 13.8 Å². The zero-order valence-corrected chi connectivity index (χ0v) is 21.1. The van der Waals surface area contributed by atoms with Gasteiger partial charge in [0.2, 0.25) is 5.91 Å². The Balaban J connectivity index is 2.15. The van der Waals surface area contributed by atoms with E-state index >= 15 is 0 Å². The molecule has 0 saturated carbocycles. The number of carbonyl (C=O) groups is 5. The van der Waals surface area contributed by atoms with Crippen LogP contribution in [0.25, 0.3) is 0 Å². The number of carbonyl (C=O) groups excluding carboxylic acids is 4. The number of hydrogen-bond acceptors (Lipinski definition) is 7. The number of rotatable bonds is 11. The van der Waals surface area contributed by atoms with E-state index in [-0.39, 0.29) is 29.3 Å². The van der Waals surface area contributed by atoms with E-state index in [0.717, 1.165) is 0 Å². The van der Waals surface area contributed by atoms with Gasteiger partial charge in [0.25, 0.3) is 11.9 Å². The van der Waals surface area contributed by atoms with Crippen LogP contribution in [0.1, 0.15) is 56.8 Å². The number of benzene rings is 1. The predicted molar refractivity (Wildman–Crippen MR) is 128 cm³/mol. The molecule has 1 aromatic carbocycles. The summed E-state index contributed by atoms with van der Waals surface area (Å²) in [4.78, 5) is 61.3. The van der Waals surface area contributed by atoms with Crippen LogP contribution in [0.5, 0.6) is 0 Å². The molecule has 2 amide bonds. The zero-order chi connectivity index (χ0) is 26.3. The molecule has 1 aromatic rings. The van der Waals surface area contributed by atoms with Crippen LogP contribution >= 0.6 is 23.2 Å². The van der Waals surface area contributed by atoms with Crippen LogP contribution in [0, 0.1) is 5.92 Å². The molecule has 0 bridgehead atoms. The second kappa shape index (κ2) is 12.4. The minimum absolute atomic E-state index is 0.0131. The van der Waals surface area contributed by atoms with Gasteiger partial charge in [0.1, 0.15) is 5.78 Å². The fourth-order valence-electron chi connectivity index (χ4n) is 3.54. The Labute approximate surface area is 213 Å². The number of carboxylic acids is 1. The number of amides is 2. The lowest BCUT2D eigenvalue weighted by molar-refractivity contribution is -0.172. The van der Waals surface area contributed by atoms with Gasteiger partial charge in [-0.3, -0.25) is 19.2 Å². The normalized spacial score (nSPS) is 18.6. The molecule has 0 aromatic heterocycles. The molecule has 3 N–H and O–H groups in total. The van der Waals surface area contributed by atoms with Crippen LogP contribution in [0.4, 0.5) is 0 Å². The minimum atomic E-state index is -2.09. The zero-order valence-electron chi connectivity index (χ0n) is 19.6. The van der Waals surface area contributed by atoms with Crippen molar-refractivity contribution in [1.82, 2.24) is 10.6 Å². The van der Waals surface area contributed by atoms with Gasteiger partial charge in [-0.2, -0.15) is 0 Å². The molecule has 1 fully saturated rings. The maximum Gasteiger partial charge on any atom is 0.552 e. The Morgan fingerprint density at radius 2 is 1.91 bits per heavy atom.